The molecule has 0 aromatic heterocycles. The highest BCUT2D eigenvalue weighted by Crippen LogP contribution is 2.35. The standard InChI is InChI=1S/C31H41F3N4O/c1-5-19-39-25-16-11-22(12-17-25)10-13-23-14-15-24(20-26(23)31(32,33)34)27(7-3)37-29(21(4)6-2)28-9-8-18-38(28)30(35)36/h7,11-12,14-17,20-21,28H,5-6,8-10,13,18-19H2,1-4H3,(H3,35,36)/b27-7-,37-29?. The van der Waals surface area contributed by atoms with E-state index in [0.717, 1.165) is 42.7 Å². The van der Waals surface area contributed by atoms with Crippen LogP contribution in [0.25, 0.3) is 5.70 Å². The zero-order chi connectivity index (χ0) is 28.6. The minimum atomic E-state index is -4.48. The zero-order valence-corrected chi connectivity index (χ0v) is 23.4. The second kappa shape index (κ2) is 13.7. The molecule has 2 aromatic carbocycles. The van der Waals surface area contributed by atoms with Crippen molar-refractivity contribution in [1.29, 1.82) is 5.41 Å². The number of halogens is 3. The van der Waals surface area contributed by atoms with E-state index in [-0.39, 0.29) is 29.9 Å². The molecule has 2 aromatic rings. The number of allylic oxidation sites excluding steroid dienone is 1. The molecule has 0 bridgehead atoms. The summed E-state index contributed by atoms with van der Waals surface area (Å²) in [6, 6.07) is 12.0. The number of benzene rings is 2. The van der Waals surface area contributed by atoms with Gasteiger partial charge in [0.2, 0.25) is 0 Å². The van der Waals surface area contributed by atoms with Crippen LogP contribution in [0.15, 0.2) is 53.5 Å². The van der Waals surface area contributed by atoms with Crippen LogP contribution in [0.1, 0.15) is 75.6 Å². The normalized spacial score (nSPS) is 17.4. The number of hydrogen-bond donors (Lipinski definition) is 2. The summed E-state index contributed by atoms with van der Waals surface area (Å²) in [5.41, 5.74) is 8.21. The summed E-state index contributed by atoms with van der Waals surface area (Å²) in [5, 5.41) is 7.97. The van der Waals surface area contributed by atoms with Gasteiger partial charge in [-0.15, -0.1) is 0 Å². The van der Waals surface area contributed by atoms with Gasteiger partial charge < -0.3 is 15.4 Å². The zero-order valence-electron chi connectivity index (χ0n) is 23.4. The molecular formula is C31H41F3N4O. The molecule has 3 rings (SSSR count). The molecule has 2 unspecified atom stereocenters. The predicted molar refractivity (Wildman–Crippen MR) is 153 cm³/mol. The van der Waals surface area contributed by atoms with Crippen LogP contribution in [-0.4, -0.2) is 35.8 Å². The first-order valence-corrected chi connectivity index (χ1v) is 13.9. The van der Waals surface area contributed by atoms with Gasteiger partial charge in [-0.05, 0) is 80.7 Å². The Bertz CT molecular complexity index is 1170. The SMILES string of the molecule is C/C=C(\N=C(C(C)CC)C1CCCN1C(=N)N)c1ccc(CCc2ccc(OCCC)cc2)c(C(F)(F)F)c1. The molecular weight excluding hydrogens is 501 g/mol. The van der Waals surface area contributed by atoms with Gasteiger partial charge in [0.1, 0.15) is 5.75 Å². The van der Waals surface area contributed by atoms with Gasteiger partial charge in [-0.3, -0.25) is 10.4 Å². The lowest BCUT2D eigenvalue weighted by atomic mass is 9.93. The van der Waals surface area contributed by atoms with E-state index in [1.54, 1.807) is 25.1 Å². The van der Waals surface area contributed by atoms with Crippen LogP contribution in [0.3, 0.4) is 0 Å². The Labute approximate surface area is 230 Å². The number of rotatable bonds is 11. The van der Waals surface area contributed by atoms with Gasteiger partial charge in [0, 0.05) is 17.8 Å². The molecule has 0 amide bonds. The quantitative estimate of drug-likeness (QED) is 0.228. The second-order valence-electron chi connectivity index (χ2n) is 10.1. The second-order valence-corrected chi connectivity index (χ2v) is 10.1. The molecule has 212 valence electrons. The fourth-order valence-electron chi connectivity index (χ4n) is 4.99. The highest BCUT2D eigenvalue weighted by molar-refractivity contribution is 5.98. The maximum Gasteiger partial charge on any atom is 0.416 e. The van der Waals surface area contributed by atoms with Crippen molar-refractivity contribution in [2.75, 3.05) is 13.2 Å². The van der Waals surface area contributed by atoms with E-state index < -0.39 is 11.7 Å². The maximum atomic E-state index is 14.2. The van der Waals surface area contributed by atoms with E-state index >= 15 is 0 Å². The maximum absolute atomic E-state index is 14.2. The van der Waals surface area contributed by atoms with Crippen molar-refractivity contribution in [3.63, 3.8) is 0 Å². The Morgan fingerprint density at radius 1 is 1.18 bits per heavy atom. The first-order valence-electron chi connectivity index (χ1n) is 13.9. The molecule has 5 nitrogen and oxygen atoms in total. The minimum Gasteiger partial charge on any atom is -0.494 e. The third-order valence-corrected chi connectivity index (χ3v) is 7.33. The fraction of sp³-hybridized carbons (Fsp3) is 0.484. The monoisotopic (exact) mass is 542 g/mol. The third-order valence-electron chi connectivity index (χ3n) is 7.33. The van der Waals surface area contributed by atoms with Crippen LogP contribution < -0.4 is 10.5 Å². The van der Waals surface area contributed by atoms with Crippen molar-refractivity contribution in [3.05, 3.63) is 70.8 Å². The van der Waals surface area contributed by atoms with Crippen LogP contribution in [-0.2, 0) is 19.0 Å². The summed E-state index contributed by atoms with van der Waals surface area (Å²) >= 11 is 0. The molecule has 0 saturated carbocycles. The van der Waals surface area contributed by atoms with Crippen molar-refractivity contribution >= 4 is 17.4 Å². The Kier molecular flexibility index (Phi) is 10.6. The number of aliphatic imine (C=N–C) groups is 1. The molecule has 1 aliphatic rings. The molecule has 8 heteroatoms. The van der Waals surface area contributed by atoms with Crippen LogP contribution in [0.4, 0.5) is 13.2 Å². The summed E-state index contributed by atoms with van der Waals surface area (Å²) in [7, 11) is 0. The predicted octanol–water partition coefficient (Wildman–Crippen LogP) is 7.49. The van der Waals surface area contributed by atoms with Crippen LogP contribution >= 0.6 is 0 Å². The average Bonchev–Trinajstić information content (AvgIpc) is 3.41. The summed E-state index contributed by atoms with van der Waals surface area (Å²) in [5.74, 6) is 0.869. The fourth-order valence-corrected chi connectivity index (χ4v) is 4.99. The van der Waals surface area contributed by atoms with Gasteiger partial charge in [-0.25, -0.2) is 0 Å². The van der Waals surface area contributed by atoms with Crippen molar-refractivity contribution in [2.45, 2.75) is 78.4 Å². The Balaban J connectivity index is 1.89. The number of alkyl halides is 3. The van der Waals surface area contributed by atoms with Crippen LogP contribution in [0.2, 0.25) is 0 Å². The molecule has 0 aliphatic carbocycles. The lowest BCUT2D eigenvalue weighted by molar-refractivity contribution is -0.138. The van der Waals surface area contributed by atoms with Crippen molar-refractivity contribution in [1.82, 2.24) is 4.90 Å². The smallest absolute Gasteiger partial charge is 0.416 e. The molecule has 1 saturated heterocycles. The largest absolute Gasteiger partial charge is 0.494 e. The van der Waals surface area contributed by atoms with E-state index in [4.69, 9.17) is 20.9 Å². The van der Waals surface area contributed by atoms with Gasteiger partial charge in [-0.2, -0.15) is 13.2 Å². The number of guanidine groups is 1. The van der Waals surface area contributed by atoms with E-state index in [1.807, 2.05) is 36.1 Å². The van der Waals surface area contributed by atoms with Crippen LogP contribution in [0, 0.1) is 11.3 Å². The van der Waals surface area contributed by atoms with Gasteiger partial charge in [0.05, 0.1) is 23.9 Å². The van der Waals surface area contributed by atoms with E-state index in [9.17, 15) is 13.2 Å². The number of likely N-dealkylation sites (tertiary alicyclic amines) is 1. The molecule has 1 heterocycles. The lowest BCUT2D eigenvalue weighted by Gasteiger charge is -2.29. The lowest BCUT2D eigenvalue weighted by Crippen LogP contribution is -2.45. The first-order chi connectivity index (χ1) is 18.6. The highest BCUT2D eigenvalue weighted by Gasteiger charge is 2.34. The highest BCUT2D eigenvalue weighted by atomic mass is 19.4. The molecule has 0 spiro atoms. The molecule has 3 N–H and O–H groups in total. The summed E-state index contributed by atoms with van der Waals surface area (Å²) < 4.78 is 48.2. The third kappa shape index (κ3) is 7.87. The minimum absolute atomic E-state index is 0.00219. The van der Waals surface area contributed by atoms with Crippen molar-refractivity contribution in [2.24, 2.45) is 16.6 Å². The number of nitrogens with one attached hydrogen (secondary N) is 1. The van der Waals surface area contributed by atoms with Crippen LogP contribution in [0.5, 0.6) is 5.75 Å². The Hall–Kier alpha value is -3.29. The molecule has 0 radical (unpaired) electrons. The van der Waals surface area contributed by atoms with Gasteiger partial charge in [0.25, 0.3) is 0 Å². The molecule has 1 aliphatic heterocycles. The van der Waals surface area contributed by atoms with E-state index in [0.29, 0.717) is 30.8 Å². The average molecular weight is 543 g/mol. The number of nitrogens with zero attached hydrogens (tertiary/aromatic N) is 2. The number of nitrogens with two attached hydrogens (primary N) is 1. The molecule has 1 fully saturated rings. The van der Waals surface area contributed by atoms with Gasteiger partial charge >= 0.3 is 6.18 Å². The summed E-state index contributed by atoms with van der Waals surface area (Å²) in [4.78, 5) is 6.77. The topological polar surface area (TPSA) is 74.7 Å². The van der Waals surface area contributed by atoms with Gasteiger partial charge in [-0.1, -0.05) is 51.1 Å². The summed E-state index contributed by atoms with van der Waals surface area (Å²) in [6.07, 6.45) is 1.49. The molecule has 39 heavy (non-hydrogen) atoms. The van der Waals surface area contributed by atoms with Gasteiger partial charge in [0.15, 0.2) is 5.96 Å². The Morgan fingerprint density at radius 2 is 1.90 bits per heavy atom. The number of hydrogen-bond acceptors (Lipinski definition) is 3. The summed E-state index contributed by atoms with van der Waals surface area (Å²) in [6.45, 7) is 9.26. The number of aryl methyl sites for hydroxylation is 2. The molecule has 2 atom stereocenters. The van der Waals surface area contributed by atoms with E-state index in [1.165, 1.54) is 6.07 Å². The van der Waals surface area contributed by atoms with Crippen molar-refractivity contribution in [3.8, 4) is 5.75 Å². The first kappa shape index (κ1) is 30.3. The number of ether oxygens (including phenoxy) is 1. The van der Waals surface area contributed by atoms with E-state index in [2.05, 4.69) is 13.8 Å². The van der Waals surface area contributed by atoms with Crippen molar-refractivity contribution < 1.29 is 17.9 Å². The Morgan fingerprint density at radius 3 is 2.49 bits per heavy atom.